The van der Waals surface area contributed by atoms with Gasteiger partial charge in [-0.1, -0.05) is 13.3 Å². The molecule has 0 bridgehead atoms. The van der Waals surface area contributed by atoms with E-state index in [9.17, 15) is 0 Å². The Kier molecular flexibility index (Phi) is 2.86. The van der Waals surface area contributed by atoms with Crippen LogP contribution in [0.25, 0.3) is 0 Å². The minimum Gasteiger partial charge on any atom is -0.307 e. The second-order valence-corrected chi connectivity index (χ2v) is 5.66. The van der Waals surface area contributed by atoms with Crippen LogP contribution in [-0.4, -0.2) is 26.2 Å². The van der Waals surface area contributed by atoms with Crippen LogP contribution >= 0.6 is 0 Å². The molecular weight excluding hydrogens is 214 g/mol. The Morgan fingerprint density at radius 1 is 1.41 bits per heavy atom. The van der Waals surface area contributed by atoms with Gasteiger partial charge in [0.1, 0.15) is 0 Å². The molecule has 0 spiro atoms. The molecule has 1 heterocycles. The van der Waals surface area contributed by atoms with Crippen molar-refractivity contribution in [3.8, 4) is 0 Å². The summed E-state index contributed by atoms with van der Waals surface area (Å²) in [5, 5.41) is 15.6. The summed E-state index contributed by atoms with van der Waals surface area (Å²) in [6.45, 7) is 4.09. The summed E-state index contributed by atoms with van der Waals surface area (Å²) < 4.78 is 2.01. The largest absolute Gasteiger partial charge is 0.307 e. The average molecular weight is 235 g/mol. The number of nitrogens with one attached hydrogen (secondary N) is 1. The maximum atomic E-state index is 4.14. The fourth-order valence-electron chi connectivity index (χ4n) is 2.51. The predicted molar refractivity (Wildman–Crippen MR) is 64.3 cm³/mol. The maximum Gasteiger partial charge on any atom is 0.165 e. The number of aromatic nitrogens is 4. The summed E-state index contributed by atoms with van der Waals surface area (Å²) in [6, 6.07) is 0.714. The fourth-order valence-corrected chi connectivity index (χ4v) is 2.51. The Balaban J connectivity index is 1.59. The first-order valence-corrected chi connectivity index (χ1v) is 6.80. The fraction of sp³-hybridized carbons (Fsp3) is 0.917. The van der Waals surface area contributed by atoms with Crippen LogP contribution in [0.4, 0.5) is 0 Å². The van der Waals surface area contributed by atoms with Gasteiger partial charge in [0, 0.05) is 6.04 Å². The zero-order chi connectivity index (χ0) is 11.7. The molecule has 1 aromatic heterocycles. The SMILES string of the molecule is CCCC1(Cn2nnnc2CNC2CC2)CC1. The molecule has 17 heavy (non-hydrogen) atoms. The van der Waals surface area contributed by atoms with Gasteiger partial charge < -0.3 is 5.32 Å². The van der Waals surface area contributed by atoms with E-state index < -0.39 is 0 Å². The molecule has 1 N–H and O–H groups in total. The van der Waals surface area contributed by atoms with E-state index in [1.54, 1.807) is 0 Å². The van der Waals surface area contributed by atoms with Crippen molar-refractivity contribution in [2.75, 3.05) is 0 Å². The van der Waals surface area contributed by atoms with E-state index in [2.05, 4.69) is 27.8 Å². The van der Waals surface area contributed by atoms with Crippen molar-refractivity contribution >= 4 is 0 Å². The lowest BCUT2D eigenvalue weighted by atomic mass is 10.0. The highest BCUT2D eigenvalue weighted by Crippen LogP contribution is 2.50. The number of rotatable bonds is 7. The molecule has 5 heteroatoms. The first-order chi connectivity index (χ1) is 8.31. The van der Waals surface area contributed by atoms with Gasteiger partial charge in [0.05, 0.1) is 13.1 Å². The molecule has 0 aromatic carbocycles. The molecule has 0 unspecified atom stereocenters. The van der Waals surface area contributed by atoms with E-state index in [-0.39, 0.29) is 0 Å². The number of hydrogen-bond acceptors (Lipinski definition) is 4. The van der Waals surface area contributed by atoms with Crippen LogP contribution in [0.3, 0.4) is 0 Å². The Morgan fingerprint density at radius 2 is 2.24 bits per heavy atom. The molecule has 2 aliphatic carbocycles. The van der Waals surface area contributed by atoms with Gasteiger partial charge in [-0.05, 0) is 47.9 Å². The predicted octanol–water partition coefficient (Wildman–Crippen LogP) is 1.51. The average Bonchev–Trinajstić information content (AvgIpc) is 3.21. The Labute approximate surface area is 102 Å². The lowest BCUT2D eigenvalue weighted by Crippen LogP contribution is -2.22. The lowest BCUT2D eigenvalue weighted by Gasteiger charge is -2.14. The van der Waals surface area contributed by atoms with Crippen molar-refractivity contribution in [1.82, 2.24) is 25.5 Å². The quantitative estimate of drug-likeness (QED) is 0.778. The normalized spacial score (nSPS) is 21.7. The molecule has 3 rings (SSSR count). The second-order valence-electron chi connectivity index (χ2n) is 5.66. The molecule has 0 aliphatic heterocycles. The van der Waals surface area contributed by atoms with Crippen LogP contribution in [0.1, 0.15) is 51.3 Å². The summed E-state index contributed by atoms with van der Waals surface area (Å²) in [5.74, 6) is 0.999. The molecular formula is C12H21N5. The molecule has 94 valence electrons. The summed E-state index contributed by atoms with van der Waals surface area (Å²) >= 11 is 0. The van der Waals surface area contributed by atoms with Crippen molar-refractivity contribution in [2.24, 2.45) is 5.41 Å². The minimum absolute atomic E-state index is 0.512. The molecule has 0 atom stereocenters. The van der Waals surface area contributed by atoms with Crippen LogP contribution in [0.5, 0.6) is 0 Å². The zero-order valence-electron chi connectivity index (χ0n) is 10.5. The molecule has 0 amide bonds. The standard InChI is InChI=1S/C12H21N5/c1-2-5-12(6-7-12)9-17-11(14-15-16-17)8-13-10-3-4-10/h10,13H,2-9H2,1H3. The minimum atomic E-state index is 0.512. The summed E-state index contributed by atoms with van der Waals surface area (Å²) in [6.07, 6.45) is 7.87. The number of hydrogen-bond donors (Lipinski definition) is 1. The van der Waals surface area contributed by atoms with Gasteiger partial charge in [-0.3, -0.25) is 0 Å². The Hall–Kier alpha value is -0.970. The third kappa shape index (κ3) is 2.65. The van der Waals surface area contributed by atoms with Gasteiger partial charge in [0.2, 0.25) is 0 Å². The topological polar surface area (TPSA) is 55.6 Å². The van der Waals surface area contributed by atoms with Crippen LogP contribution in [0.2, 0.25) is 0 Å². The van der Waals surface area contributed by atoms with Crippen molar-refractivity contribution in [2.45, 2.75) is 64.6 Å². The Bertz CT molecular complexity index is 378. The molecule has 0 saturated heterocycles. The summed E-state index contributed by atoms with van der Waals surface area (Å²) in [5.41, 5.74) is 0.512. The highest BCUT2D eigenvalue weighted by atomic mass is 15.5. The first-order valence-electron chi connectivity index (χ1n) is 6.80. The van der Waals surface area contributed by atoms with Gasteiger partial charge in [-0.25, -0.2) is 4.68 Å². The van der Waals surface area contributed by atoms with E-state index in [0.29, 0.717) is 11.5 Å². The van der Waals surface area contributed by atoms with Crippen molar-refractivity contribution in [1.29, 1.82) is 0 Å². The van der Waals surface area contributed by atoms with Crippen molar-refractivity contribution in [3.63, 3.8) is 0 Å². The highest BCUT2D eigenvalue weighted by molar-refractivity contribution is 4.95. The smallest absolute Gasteiger partial charge is 0.165 e. The highest BCUT2D eigenvalue weighted by Gasteiger charge is 2.42. The van der Waals surface area contributed by atoms with Crippen molar-refractivity contribution in [3.05, 3.63) is 5.82 Å². The summed E-state index contributed by atoms with van der Waals surface area (Å²) in [4.78, 5) is 0. The van der Waals surface area contributed by atoms with Gasteiger partial charge >= 0.3 is 0 Å². The first kappa shape index (κ1) is 11.1. The van der Waals surface area contributed by atoms with Gasteiger partial charge in [0.25, 0.3) is 0 Å². The van der Waals surface area contributed by atoms with Crippen LogP contribution in [-0.2, 0) is 13.1 Å². The van der Waals surface area contributed by atoms with Gasteiger partial charge in [-0.2, -0.15) is 0 Å². The molecule has 1 aromatic rings. The number of nitrogens with zero attached hydrogens (tertiary/aromatic N) is 4. The molecule has 2 saturated carbocycles. The van der Waals surface area contributed by atoms with Gasteiger partial charge in [-0.15, -0.1) is 5.10 Å². The molecule has 0 radical (unpaired) electrons. The van der Waals surface area contributed by atoms with Crippen molar-refractivity contribution < 1.29 is 0 Å². The Morgan fingerprint density at radius 3 is 2.88 bits per heavy atom. The molecule has 2 fully saturated rings. The second kappa shape index (κ2) is 4.37. The zero-order valence-corrected chi connectivity index (χ0v) is 10.5. The summed E-state index contributed by atoms with van der Waals surface area (Å²) in [7, 11) is 0. The van der Waals surface area contributed by atoms with E-state index >= 15 is 0 Å². The van der Waals surface area contributed by atoms with Crippen LogP contribution in [0.15, 0.2) is 0 Å². The maximum absolute atomic E-state index is 4.14. The number of tetrazole rings is 1. The van der Waals surface area contributed by atoms with E-state index in [1.807, 2.05) is 4.68 Å². The van der Waals surface area contributed by atoms with Crippen LogP contribution < -0.4 is 5.32 Å². The van der Waals surface area contributed by atoms with Crippen LogP contribution in [0, 0.1) is 5.41 Å². The molecule has 2 aliphatic rings. The van der Waals surface area contributed by atoms with Gasteiger partial charge in [0.15, 0.2) is 5.82 Å². The third-order valence-corrected chi connectivity index (χ3v) is 3.95. The van der Waals surface area contributed by atoms with E-state index in [0.717, 1.165) is 18.9 Å². The third-order valence-electron chi connectivity index (χ3n) is 3.95. The monoisotopic (exact) mass is 235 g/mol. The lowest BCUT2D eigenvalue weighted by molar-refractivity contribution is 0.353. The van der Waals surface area contributed by atoms with E-state index in [4.69, 9.17) is 0 Å². The molecule has 5 nitrogen and oxygen atoms in total. The van der Waals surface area contributed by atoms with E-state index in [1.165, 1.54) is 38.5 Å².